The standard InChI is InChI=1S/C11H11BrO3S/c12-8-4-5-16-10(8)9(13)6-2-1-3-7(6)11(14)15/h4-7H,1-3H2,(H,14,15). The first-order valence-corrected chi connectivity index (χ1v) is 6.78. The number of ketones is 1. The van der Waals surface area contributed by atoms with Crippen molar-refractivity contribution in [3.8, 4) is 0 Å². The molecular weight excluding hydrogens is 292 g/mol. The van der Waals surface area contributed by atoms with Crippen LogP contribution in [0.1, 0.15) is 28.9 Å². The SMILES string of the molecule is O=C(O)C1CCCC1C(=O)c1sccc1Br. The molecule has 3 nitrogen and oxygen atoms in total. The molecule has 0 saturated heterocycles. The molecule has 1 aliphatic carbocycles. The van der Waals surface area contributed by atoms with Crippen LogP contribution in [0.5, 0.6) is 0 Å². The van der Waals surface area contributed by atoms with Crippen LogP contribution < -0.4 is 0 Å². The Bertz CT molecular complexity index is 427. The lowest BCUT2D eigenvalue weighted by Gasteiger charge is -2.13. The molecule has 0 spiro atoms. The molecular formula is C11H11BrO3S. The zero-order valence-corrected chi connectivity index (χ0v) is 10.9. The average Bonchev–Trinajstić information content (AvgIpc) is 2.84. The Kier molecular flexibility index (Phi) is 3.44. The fraction of sp³-hybridized carbons (Fsp3) is 0.455. The molecule has 1 heterocycles. The van der Waals surface area contributed by atoms with E-state index in [-0.39, 0.29) is 11.7 Å². The molecule has 2 unspecified atom stereocenters. The minimum absolute atomic E-state index is 0.0215. The Morgan fingerprint density at radius 3 is 2.62 bits per heavy atom. The number of aliphatic carboxylic acids is 1. The maximum Gasteiger partial charge on any atom is 0.307 e. The summed E-state index contributed by atoms with van der Waals surface area (Å²) in [7, 11) is 0. The molecule has 0 bridgehead atoms. The number of carbonyl (C=O) groups is 2. The van der Waals surface area contributed by atoms with Gasteiger partial charge in [-0.1, -0.05) is 6.42 Å². The van der Waals surface area contributed by atoms with Crippen LogP contribution in [0.4, 0.5) is 0 Å². The van der Waals surface area contributed by atoms with E-state index in [1.165, 1.54) is 11.3 Å². The van der Waals surface area contributed by atoms with Crippen LogP contribution in [0, 0.1) is 11.8 Å². The van der Waals surface area contributed by atoms with Gasteiger partial charge in [-0.25, -0.2) is 0 Å². The molecule has 1 aromatic rings. The zero-order chi connectivity index (χ0) is 11.7. The van der Waals surface area contributed by atoms with Gasteiger partial charge in [0, 0.05) is 10.4 Å². The van der Waals surface area contributed by atoms with E-state index in [1.807, 2.05) is 11.4 Å². The number of hydrogen-bond donors (Lipinski definition) is 1. The number of halogens is 1. The summed E-state index contributed by atoms with van der Waals surface area (Å²) < 4.78 is 0.776. The van der Waals surface area contributed by atoms with Crippen molar-refractivity contribution < 1.29 is 14.7 Å². The highest BCUT2D eigenvalue weighted by Gasteiger charge is 2.38. The summed E-state index contributed by atoms with van der Waals surface area (Å²) in [6.45, 7) is 0. The predicted octanol–water partition coefficient (Wildman–Crippen LogP) is 3.19. The maximum atomic E-state index is 12.2. The lowest BCUT2D eigenvalue weighted by atomic mass is 9.91. The van der Waals surface area contributed by atoms with Crippen molar-refractivity contribution in [1.82, 2.24) is 0 Å². The fourth-order valence-electron chi connectivity index (χ4n) is 2.21. The highest BCUT2D eigenvalue weighted by molar-refractivity contribution is 9.10. The summed E-state index contributed by atoms with van der Waals surface area (Å²) in [5.41, 5.74) is 0. The van der Waals surface area contributed by atoms with Gasteiger partial charge in [-0.2, -0.15) is 0 Å². The van der Waals surface area contributed by atoms with Gasteiger partial charge in [0.2, 0.25) is 0 Å². The molecule has 0 aliphatic heterocycles. The van der Waals surface area contributed by atoms with E-state index in [2.05, 4.69) is 15.9 Å². The molecule has 1 fully saturated rings. The Hall–Kier alpha value is -0.680. The highest BCUT2D eigenvalue weighted by atomic mass is 79.9. The second-order valence-electron chi connectivity index (χ2n) is 3.94. The molecule has 2 atom stereocenters. The van der Waals surface area contributed by atoms with Crippen LogP contribution in [-0.4, -0.2) is 16.9 Å². The van der Waals surface area contributed by atoms with Crippen molar-refractivity contribution in [2.24, 2.45) is 11.8 Å². The second kappa shape index (κ2) is 4.67. The second-order valence-corrected chi connectivity index (χ2v) is 5.71. The van der Waals surface area contributed by atoms with Crippen LogP contribution in [0.25, 0.3) is 0 Å². The van der Waals surface area contributed by atoms with E-state index in [0.717, 1.165) is 10.9 Å². The first-order chi connectivity index (χ1) is 7.61. The van der Waals surface area contributed by atoms with Gasteiger partial charge in [0.1, 0.15) is 0 Å². The number of Topliss-reactive ketones (excluding diaryl/α,β-unsaturated/α-hetero) is 1. The Labute approximate surface area is 106 Å². The molecule has 0 radical (unpaired) electrons. The van der Waals surface area contributed by atoms with Crippen molar-refractivity contribution in [3.63, 3.8) is 0 Å². The summed E-state index contributed by atoms with van der Waals surface area (Å²) in [4.78, 5) is 23.8. The summed E-state index contributed by atoms with van der Waals surface area (Å²) in [6.07, 6.45) is 2.14. The fourth-order valence-corrected chi connectivity index (χ4v) is 3.78. The van der Waals surface area contributed by atoms with Gasteiger partial charge >= 0.3 is 5.97 Å². The number of carboxylic acid groups (broad SMARTS) is 1. The first kappa shape index (κ1) is 11.8. The van der Waals surface area contributed by atoms with Gasteiger partial charge in [0.15, 0.2) is 5.78 Å². The minimum Gasteiger partial charge on any atom is -0.481 e. The normalized spacial score (nSPS) is 24.6. The summed E-state index contributed by atoms with van der Waals surface area (Å²) in [6, 6.07) is 1.82. The molecule has 1 N–H and O–H groups in total. The first-order valence-electron chi connectivity index (χ1n) is 5.11. The lowest BCUT2D eigenvalue weighted by Crippen LogP contribution is -2.25. The monoisotopic (exact) mass is 302 g/mol. The smallest absolute Gasteiger partial charge is 0.307 e. The lowest BCUT2D eigenvalue weighted by molar-refractivity contribution is -0.142. The average molecular weight is 303 g/mol. The number of carbonyl (C=O) groups excluding carboxylic acids is 1. The van der Waals surface area contributed by atoms with E-state index >= 15 is 0 Å². The third-order valence-corrected chi connectivity index (χ3v) is 4.86. The summed E-state index contributed by atoms with van der Waals surface area (Å²) in [5.74, 6) is -1.70. The van der Waals surface area contributed by atoms with Crippen molar-refractivity contribution in [3.05, 3.63) is 20.8 Å². The van der Waals surface area contributed by atoms with Crippen LogP contribution in [0.3, 0.4) is 0 Å². The Morgan fingerprint density at radius 1 is 1.38 bits per heavy atom. The van der Waals surface area contributed by atoms with Crippen molar-refractivity contribution in [2.45, 2.75) is 19.3 Å². The van der Waals surface area contributed by atoms with E-state index in [1.54, 1.807) is 0 Å². The molecule has 1 aromatic heterocycles. The van der Waals surface area contributed by atoms with Crippen LogP contribution in [0.2, 0.25) is 0 Å². The van der Waals surface area contributed by atoms with Crippen LogP contribution in [-0.2, 0) is 4.79 Å². The van der Waals surface area contributed by atoms with Gasteiger partial charge < -0.3 is 5.11 Å². The minimum atomic E-state index is -0.844. The Balaban J connectivity index is 2.22. The predicted molar refractivity (Wildman–Crippen MR) is 64.8 cm³/mol. The van der Waals surface area contributed by atoms with Gasteiger partial charge in [-0.3, -0.25) is 9.59 Å². The molecule has 86 valence electrons. The molecule has 0 amide bonds. The van der Waals surface area contributed by atoms with E-state index in [4.69, 9.17) is 5.11 Å². The van der Waals surface area contributed by atoms with Gasteiger partial charge in [-0.15, -0.1) is 11.3 Å². The molecule has 16 heavy (non-hydrogen) atoms. The third kappa shape index (κ3) is 2.06. The van der Waals surface area contributed by atoms with Gasteiger partial charge in [0.25, 0.3) is 0 Å². The maximum absolute atomic E-state index is 12.2. The quantitative estimate of drug-likeness (QED) is 0.872. The third-order valence-electron chi connectivity index (χ3n) is 3.01. The summed E-state index contributed by atoms with van der Waals surface area (Å²) >= 11 is 4.68. The van der Waals surface area contributed by atoms with E-state index in [9.17, 15) is 9.59 Å². The van der Waals surface area contributed by atoms with E-state index < -0.39 is 11.9 Å². The van der Waals surface area contributed by atoms with Crippen molar-refractivity contribution in [1.29, 1.82) is 0 Å². The number of hydrogen-bond acceptors (Lipinski definition) is 3. The van der Waals surface area contributed by atoms with Gasteiger partial charge in [0.05, 0.1) is 10.8 Å². The molecule has 1 saturated carbocycles. The van der Waals surface area contributed by atoms with Gasteiger partial charge in [-0.05, 0) is 40.2 Å². The molecule has 1 aliphatic rings. The van der Waals surface area contributed by atoms with Crippen molar-refractivity contribution in [2.75, 3.05) is 0 Å². The number of rotatable bonds is 3. The largest absolute Gasteiger partial charge is 0.481 e. The van der Waals surface area contributed by atoms with Crippen molar-refractivity contribution >= 4 is 39.0 Å². The number of thiophene rings is 1. The topological polar surface area (TPSA) is 54.4 Å². The molecule has 0 aromatic carbocycles. The highest BCUT2D eigenvalue weighted by Crippen LogP contribution is 2.37. The van der Waals surface area contributed by atoms with Crippen LogP contribution in [0.15, 0.2) is 15.9 Å². The molecule has 2 rings (SSSR count). The van der Waals surface area contributed by atoms with Crippen LogP contribution >= 0.6 is 27.3 Å². The zero-order valence-electron chi connectivity index (χ0n) is 8.48. The summed E-state index contributed by atoms with van der Waals surface area (Å²) in [5, 5.41) is 10.9. The van der Waals surface area contributed by atoms with E-state index in [0.29, 0.717) is 17.7 Å². The molecule has 5 heteroatoms. The Morgan fingerprint density at radius 2 is 2.06 bits per heavy atom. The number of carboxylic acids is 1.